The molecule has 0 unspecified atom stereocenters. The Morgan fingerprint density at radius 1 is 1.41 bits per heavy atom. The minimum Gasteiger partial charge on any atom is -0.328 e. The molecule has 17 heavy (non-hydrogen) atoms. The van der Waals surface area contributed by atoms with Crippen LogP contribution in [-0.4, -0.2) is 19.3 Å². The van der Waals surface area contributed by atoms with Gasteiger partial charge >= 0.3 is 0 Å². The van der Waals surface area contributed by atoms with Crippen LogP contribution in [0.4, 0.5) is 0 Å². The van der Waals surface area contributed by atoms with E-state index in [4.69, 9.17) is 12.2 Å². The number of hydrogen-bond acceptors (Lipinski definition) is 2. The van der Waals surface area contributed by atoms with E-state index in [1.807, 2.05) is 18.7 Å². The Balaban J connectivity index is 2.33. The fourth-order valence-corrected chi connectivity index (χ4v) is 2.52. The average molecular weight is 252 g/mol. The van der Waals surface area contributed by atoms with Crippen molar-refractivity contribution in [2.45, 2.75) is 40.2 Å². The number of imidazole rings is 1. The van der Waals surface area contributed by atoms with Crippen LogP contribution < -0.4 is 0 Å². The minimum absolute atomic E-state index is 0.742. The van der Waals surface area contributed by atoms with Gasteiger partial charge in [-0.1, -0.05) is 13.8 Å². The van der Waals surface area contributed by atoms with Crippen LogP contribution in [0.15, 0.2) is 0 Å². The maximum atomic E-state index is 5.37. The second kappa shape index (κ2) is 4.64. The van der Waals surface area contributed by atoms with Gasteiger partial charge in [0, 0.05) is 13.6 Å². The Kier molecular flexibility index (Phi) is 3.38. The molecular weight excluding hydrogens is 232 g/mol. The number of aromatic nitrogens is 4. The highest BCUT2D eigenvalue weighted by Gasteiger charge is 2.12. The summed E-state index contributed by atoms with van der Waals surface area (Å²) < 4.78 is 4.87. The molecule has 0 radical (unpaired) electrons. The SMILES string of the molecule is Cc1nn(C)c2c1[nH]c(=S)n2CCCC(C)C. The van der Waals surface area contributed by atoms with Crippen molar-refractivity contribution in [3.8, 4) is 0 Å². The lowest BCUT2D eigenvalue weighted by molar-refractivity contribution is 0.510. The fourth-order valence-electron chi connectivity index (χ4n) is 2.24. The zero-order valence-corrected chi connectivity index (χ0v) is 11.8. The monoisotopic (exact) mass is 252 g/mol. The molecule has 0 spiro atoms. The summed E-state index contributed by atoms with van der Waals surface area (Å²) in [6.07, 6.45) is 2.38. The van der Waals surface area contributed by atoms with E-state index in [0.717, 1.165) is 40.5 Å². The largest absolute Gasteiger partial charge is 0.328 e. The number of nitrogens with zero attached hydrogens (tertiary/aromatic N) is 3. The lowest BCUT2D eigenvalue weighted by Crippen LogP contribution is -2.04. The van der Waals surface area contributed by atoms with Crippen molar-refractivity contribution < 1.29 is 0 Å². The van der Waals surface area contributed by atoms with Crippen LogP contribution in [0.25, 0.3) is 11.2 Å². The van der Waals surface area contributed by atoms with Crippen LogP contribution in [0.5, 0.6) is 0 Å². The number of hydrogen-bond donors (Lipinski definition) is 1. The highest BCUT2D eigenvalue weighted by molar-refractivity contribution is 7.71. The molecule has 0 saturated carbocycles. The topological polar surface area (TPSA) is 38.5 Å². The van der Waals surface area contributed by atoms with Crippen LogP contribution in [0.3, 0.4) is 0 Å². The molecule has 1 N–H and O–H groups in total. The van der Waals surface area contributed by atoms with E-state index >= 15 is 0 Å². The molecular formula is C12H20N4S. The van der Waals surface area contributed by atoms with Crippen molar-refractivity contribution in [1.82, 2.24) is 19.3 Å². The van der Waals surface area contributed by atoms with Gasteiger partial charge in [0.2, 0.25) is 0 Å². The Labute approximate surface area is 107 Å². The lowest BCUT2D eigenvalue weighted by atomic mass is 10.1. The van der Waals surface area contributed by atoms with E-state index < -0.39 is 0 Å². The quantitative estimate of drug-likeness (QED) is 0.849. The predicted octanol–water partition coefficient (Wildman–Crippen LogP) is 3.18. The molecule has 2 heterocycles. The lowest BCUT2D eigenvalue weighted by Gasteiger charge is -2.06. The van der Waals surface area contributed by atoms with Gasteiger partial charge in [0.15, 0.2) is 10.4 Å². The summed E-state index contributed by atoms with van der Waals surface area (Å²) >= 11 is 5.37. The third-order valence-corrected chi connectivity index (χ3v) is 3.41. The zero-order valence-electron chi connectivity index (χ0n) is 10.9. The van der Waals surface area contributed by atoms with Gasteiger partial charge in [0.25, 0.3) is 0 Å². The second-order valence-electron chi connectivity index (χ2n) is 5.03. The molecule has 0 atom stereocenters. The first-order valence-electron chi connectivity index (χ1n) is 6.12. The van der Waals surface area contributed by atoms with E-state index in [1.165, 1.54) is 6.42 Å². The number of aromatic amines is 1. The summed E-state index contributed by atoms with van der Waals surface area (Å²) in [6.45, 7) is 7.47. The molecule has 0 amide bonds. The molecule has 0 aliphatic heterocycles. The first-order chi connectivity index (χ1) is 8.00. The average Bonchev–Trinajstić information content (AvgIpc) is 2.68. The third-order valence-electron chi connectivity index (χ3n) is 3.09. The van der Waals surface area contributed by atoms with Gasteiger partial charge < -0.3 is 9.55 Å². The molecule has 0 bridgehead atoms. The number of aryl methyl sites for hydroxylation is 3. The van der Waals surface area contributed by atoms with Crippen molar-refractivity contribution >= 4 is 23.4 Å². The van der Waals surface area contributed by atoms with Crippen LogP contribution in [0.2, 0.25) is 0 Å². The van der Waals surface area contributed by atoms with Gasteiger partial charge in [-0.25, -0.2) is 0 Å². The summed E-state index contributed by atoms with van der Waals surface area (Å²) in [5.41, 5.74) is 3.19. The maximum Gasteiger partial charge on any atom is 0.179 e. The molecule has 2 aromatic heterocycles. The van der Waals surface area contributed by atoms with Crippen molar-refractivity contribution in [2.24, 2.45) is 13.0 Å². The highest BCUT2D eigenvalue weighted by atomic mass is 32.1. The zero-order chi connectivity index (χ0) is 12.6. The standard InChI is InChI=1S/C12H20N4S/c1-8(2)6-5-7-16-11-10(13-12(16)17)9(3)14-15(11)4/h8H,5-7H2,1-4H3,(H,13,17). The maximum absolute atomic E-state index is 5.37. The Morgan fingerprint density at radius 2 is 2.12 bits per heavy atom. The Morgan fingerprint density at radius 3 is 2.76 bits per heavy atom. The van der Waals surface area contributed by atoms with Crippen LogP contribution in [0.1, 0.15) is 32.4 Å². The van der Waals surface area contributed by atoms with Gasteiger partial charge in [-0.05, 0) is 37.9 Å². The molecule has 0 aliphatic carbocycles. The van der Waals surface area contributed by atoms with Gasteiger partial charge in [0.1, 0.15) is 5.52 Å². The molecule has 5 heteroatoms. The van der Waals surface area contributed by atoms with Gasteiger partial charge in [0.05, 0.1) is 5.69 Å². The summed E-state index contributed by atoms with van der Waals surface area (Å²) in [4.78, 5) is 3.25. The summed E-state index contributed by atoms with van der Waals surface area (Å²) in [5, 5.41) is 4.41. The third kappa shape index (κ3) is 2.29. The van der Waals surface area contributed by atoms with Crippen LogP contribution >= 0.6 is 12.2 Å². The van der Waals surface area contributed by atoms with E-state index in [9.17, 15) is 0 Å². The first-order valence-corrected chi connectivity index (χ1v) is 6.53. The van der Waals surface area contributed by atoms with E-state index in [2.05, 4.69) is 28.5 Å². The normalized spacial score (nSPS) is 11.8. The van der Waals surface area contributed by atoms with Gasteiger partial charge in [-0.15, -0.1) is 0 Å². The molecule has 0 aromatic carbocycles. The molecule has 94 valence electrons. The van der Waals surface area contributed by atoms with E-state index in [-0.39, 0.29) is 0 Å². The predicted molar refractivity (Wildman–Crippen MR) is 72.7 cm³/mol. The smallest absolute Gasteiger partial charge is 0.179 e. The number of rotatable bonds is 4. The number of H-pyrrole nitrogens is 1. The van der Waals surface area contributed by atoms with E-state index in [0.29, 0.717) is 0 Å². The van der Waals surface area contributed by atoms with Crippen molar-refractivity contribution in [1.29, 1.82) is 0 Å². The molecule has 4 nitrogen and oxygen atoms in total. The number of nitrogens with one attached hydrogen (secondary N) is 1. The van der Waals surface area contributed by atoms with Crippen molar-refractivity contribution in [2.75, 3.05) is 0 Å². The molecule has 2 aromatic rings. The van der Waals surface area contributed by atoms with Crippen LogP contribution in [-0.2, 0) is 13.6 Å². The van der Waals surface area contributed by atoms with Gasteiger partial charge in [-0.2, -0.15) is 5.10 Å². The van der Waals surface area contributed by atoms with Crippen molar-refractivity contribution in [3.63, 3.8) is 0 Å². The number of fused-ring (bicyclic) bond motifs is 1. The van der Waals surface area contributed by atoms with Crippen LogP contribution in [0, 0.1) is 17.6 Å². The van der Waals surface area contributed by atoms with Gasteiger partial charge in [-0.3, -0.25) is 4.68 Å². The highest BCUT2D eigenvalue weighted by Crippen LogP contribution is 2.18. The summed E-state index contributed by atoms with van der Waals surface area (Å²) in [7, 11) is 1.97. The minimum atomic E-state index is 0.742. The summed E-state index contributed by atoms with van der Waals surface area (Å²) in [5.74, 6) is 0.742. The molecule has 0 fully saturated rings. The first kappa shape index (κ1) is 12.4. The Bertz CT molecular complexity index is 573. The summed E-state index contributed by atoms with van der Waals surface area (Å²) in [6, 6.07) is 0. The Hall–Kier alpha value is -1.10. The second-order valence-corrected chi connectivity index (χ2v) is 5.41. The fraction of sp³-hybridized carbons (Fsp3) is 0.667. The van der Waals surface area contributed by atoms with E-state index in [1.54, 1.807) is 0 Å². The van der Waals surface area contributed by atoms with Crippen molar-refractivity contribution in [3.05, 3.63) is 10.5 Å². The molecule has 0 aliphatic rings. The molecule has 0 saturated heterocycles. The molecule has 2 rings (SSSR count).